The van der Waals surface area contributed by atoms with Gasteiger partial charge in [-0.2, -0.15) is 0 Å². The molecule has 1 heterocycles. The monoisotopic (exact) mass is 268 g/mol. The summed E-state index contributed by atoms with van der Waals surface area (Å²) >= 11 is 23.8. The minimum absolute atomic E-state index is 0.240. The van der Waals surface area contributed by atoms with Gasteiger partial charge >= 0.3 is 0 Å². The van der Waals surface area contributed by atoms with Crippen molar-refractivity contribution >= 4 is 57.4 Å². The third-order valence-corrected chi connectivity index (χ3v) is 3.71. The van der Waals surface area contributed by atoms with E-state index >= 15 is 0 Å². The van der Waals surface area contributed by atoms with E-state index < -0.39 is 0 Å². The van der Waals surface area contributed by atoms with Crippen molar-refractivity contribution in [3.05, 3.63) is 26.4 Å². The SMILES string of the molecule is Cn1cnc2c(Cl)c(Cl)c(Cl)c(Cl)c21. The second-order valence-electron chi connectivity index (χ2n) is 2.81. The van der Waals surface area contributed by atoms with E-state index in [1.807, 2.05) is 7.05 Å². The first-order valence-electron chi connectivity index (χ1n) is 3.67. The van der Waals surface area contributed by atoms with Crippen molar-refractivity contribution in [2.45, 2.75) is 0 Å². The highest BCUT2D eigenvalue weighted by molar-refractivity contribution is 6.54. The molecule has 0 unspecified atom stereocenters. The minimum atomic E-state index is 0.240. The molecule has 0 spiro atoms. The van der Waals surface area contributed by atoms with E-state index in [0.717, 1.165) is 0 Å². The second kappa shape index (κ2) is 3.46. The van der Waals surface area contributed by atoms with Crippen molar-refractivity contribution in [1.29, 1.82) is 0 Å². The summed E-state index contributed by atoms with van der Waals surface area (Å²) in [6.07, 6.45) is 1.61. The number of aryl methyl sites for hydroxylation is 1. The molecule has 1 aromatic carbocycles. The lowest BCUT2D eigenvalue weighted by molar-refractivity contribution is 0.948. The van der Waals surface area contributed by atoms with Crippen LogP contribution in [0, 0.1) is 0 Å². The standard InChI is InChI=1S/C8H4Cl4N2/c1-14-2-13-7-5(11)3(9)4(10)6(12)8(7)14/h2H,1H3. The van der Waals surface area contributed by atoms with Gasteiger partial charge in [0.05, 0.1) is 31.9 Å². The normalized spacial score (nSPS) is 11.2. The fraction of sp³-hybridized carbons (Fsp3) is 0.125. The molecule has 0 aliphatic carbocycles. The van der Waals surface area contributed by atoms with E-state index in [0.29, 0.717) is 21.1 Å². The van der Waals surface area contributed by atoms with Crippen LogP contribution < -0.4 is 0 Å². The highest BCUT2D eigenvalue weighted by Gasteiger charge is 2.17. The second-order valence-corrected chi connectivity index (χ2v) is 4.32. The van der Waals surface area contributed by atoms with Crippen molar-refractivity contribution in [2.24, 2.45) is 7.05 Å². The van der Waals surface area contributed by atoms with Crippen molar-refractivity contribution in [3.8, 4) is 0 Å². The van der Waals surface area contributed by atoms with E-state index in [1.165, 1.54) is 0 Å². The highest BCUT2D eigenvalue weighted by Crippen LogP contribution is 2.41. The van der Waals surface area contributed by atoms with Gasteiger partial charge in [0, 0.05) is 7.05 Å². The van der Waals surface area contributed by atoms with Gasteiger partial charge < -0.3 is 4.57 Å². The zero-order chi connectivity index (χ0) is 10.5. The molecule has 2 rings (SSSR count). The van der Waals surface area contributed by atoms with Gasteiger partial charge in [-0.3, -0.25) is 0 Å². The summed E-state index contributed by atoms with van der Waals surface area (Å²) in [4.78, 5) is 4.08. The molecule has 0 bridgehead atoms. The molecular weight excluding hydrogens is 266 g/mol. The fourth-order valence-corrected chi connectivity index (χ4v) is 2.27. The van der Waals surface area contributed by atoms with Crippen LogP contribution in [0.5, 0.6) is 0 Å². The Morgan fingerprint density at radius 1 is 1.00 bits per heavy atom. The Morgan fingerprint density at radius 2 is 1.57 bits per heavy atom. The van der Waals surface area contributed by atoms with E-state index in [1.54, 1.807) is 10.9 Å². The number of halogens is 4. The maximum Gasteiger partial charge on any atom is 0.110 e. The lowest BCUT2D eigenvalue weighted by atomic mass is 10.3. The number of benzene rings is 1. The highest BCUT2D eigenvalue weighted by atomic mass is 35.5. The molecule has 0 N–H and O–H groups in total. The average molecular weight is 270 g/mol. The third kappa shape index (κ3) is 1.29. The van der Waals surface area contributed by atoms with E-state index in [2.05, 4.69) is 4.98 Å². The predicted molar refractivity (Wildman–Crippen MR) is 60.8 cm³/mol. The Labute approximate surface area is 100 Å². The summed E-state index contributed by atoms with van der Waals surface area (Å²) < 4.78 is 1.74. The molecule has 0 aliphatic heterocycles. The largest absolute Gasteiger partial charge is 0.332 e. The van der Waals surface area contributed by atoms with Crippen molar-refractivity contribution in [3.63, 3.8) is 0 Å². The van der Waals surface area contributed by atoms with Gasteiger partial charge in [0.25, 0.3) is 0 Å². The van der Waals surface area contributed by atoms with Crippen molar-refractivity contribution in [2.75, 3.05) is 0 Å². The molecule has 6 heteroatoms. The maximum atomic E-state index is 6.01. The maximum absolute atomic E-state index is 6.01. The average Bonchev–Trinajstić information content (AvgIpc) is 2.54. The summed E-state index contributed by atoms with van der Waals surface area (Å²) in [5.41, 5.74) is 1.25. The number of aromatic nitrogens is 2. The number of imidazole rings is 1. The zero-order valence-corrected chi connectivity index (χ0v) is 10.0. The van der Waals surface area contributed by atoms with Crippen LogP contribution in [0.15, 0.2) is 6.33 Å². The summed E-state index contributed by atoms with van der Waals surface area (Å²) in [7, 11) is 1.81. The first-order valence-corrected chi connectivity index (χ1v) is 5.18. The quantitative estimate of drug-likeness (QED) is 0.518. The van der Waals surface area contributed by atoms with Crippen molar-refractivity contribution in [1.82, 2.24) is 9.55 Å². The van der Waals surface area contributed by atoms with Crippen LogP contribution in [0.25, 0.3) is 11.0 Å². The summed E-state index contributed by atoms with van der Waals surface area (Å²) in [6.45, 7) is 0. The molecule has 0 saturated heterocycles. The van der Waals surface area contributed by atoms with Crippen LogP contribution in [-0.2, 0) is 7.05 Å². The minimum Gasteiger partial charge on any atom is -0.332 e. The molecule has 74 valence electrons. The fourth-order valence-electron chi connectivity index (χ4n) is 1.25. The van der Waals surface area contributed by atoms with Gasteiger partial charge in [0.2, 0.25) is 0 Å². The molecule has 0 aliphatic rings. The summed E-state index contributed by atoms with van der Waals surface area (Å²) in [5, 5.41) is 1.20. The molecule has 2 nitrogen and oxygen atoms in total. The molecule has 0 amide bonds. The van der Waals surface area contributed by atoms with Crippen LogP contribution in [0.4, 0.5) is 0 Å². The Morgan fingerprint density at radius 3 is 2.21 bits per heavy atom. The van der Waals surface area contributed by atoms with Gasteiger partial charge in [0.15, 0.2) is 0 Å². The molecule has 1 aromatic heterocycles. The molecule has 0 saturated carbocycles. The molecule has 0 atom stereocenters. The van der Waals surface area contributed by atoms with Gasteiger partial charge in [-0.15, -0.1) is 0 Å². The number of hydrogen-bond acceptors (Lipinski definition) is 1. The van der Waals surface area contributed by atoms with E-state index in [-0.39, 0.29) is 10.0 Å². The molecule has 0 fully saturated rings. The van der Waals surface area contributed by atoms with Gasteiger partial charge in [-0.25, -0.2) is 4.98 Å². The van der Waals surface area contributed by atoms with Crippen LogP contribution in [0.1, 0.15) is 0 Å². The number of nitrogens with zero attached hydrogens (tertiary/aromatic N) is 2. The Bertz CT molecular complexity index is 518. The van der Waals surface area contributed by atoms with Crippen LogP contribution in [0.2, 0.25) is 20.1 Å². The van der Waals surface area contributed by atoms with Crippen LogP contribution in [0.3, 0.4) is 0 Å². The van der Waals surface area contributed by atoms with Gasteiger partial charge in [-0.05, 0) is 0 Å². The summed E-state index contributed by atoms with van der Waals surface area (Å²) in [6, 6.07) is 0. The van der Waals surface area contributed by atoms with Crippen LogP contribution >= 0.6 is 46.4 Å². The van der Waals surface area contributed by atoms with Crippen molar-refractivity contribution < 1.29 is 0 Å². The van der Waals surface area contributed by atoms with E-state index in [4.69, 9.17) is 46.4 Å². The number of hydrogen-bond donors (Lipinski definition) is 0. The zero-order valence-electron chi connectivity index (χ0n) is 6.98. The Kier molecular flexibility index (Phi) is 2.56. The number of fused-ring (bicyclic) bond motifs is 1. The predicted octanol–water partition coefficient (Wildman–Crippen LogP) is 4.19. The molecule has 14 heavy (non-hydrogen) atoms. The smallest absolute Gasteiger partial charge is 0.110 e. The third-order valence-electron chi connectivity index (χ3n) is 1.93. The Hall–Kier alpha value is -0.150. The van der Waals surface area contributed by atoms with E-state index in [9.17, 15) is 0 Å². The Balaban J connectivity index is 3.05. The lowest BCUT2D eigenvalue weighted by Crippen LogP contribution is -1.87. The topological polar surface area (TPSA) is 17.8 Å². The first kappa shape index (κ1) is 10.4. The first-order chi connectivity index (χ1) is 6.54. The summed E-state index contributed by atoms with van der Waals surface area (Å²) in [5.74, 6) is 0. The van der Waals surface area contributed by atoms with Crippen LogP contribution in [-0.4, -0.2) is 9.55 Å². The molecule has 2 aromatic rings. The molecule has 0 radical (unpaired) electrons. The number of rotatable bonds is 0. The lowest BCUT2D eigenvalue weighted by Gasteiger charge is -2.04. The van der Waals surface area contributed by atoms with Gasteiger partial charge in [-0.1, -0.05) is 46.4 Å². The van der Waals surface area contributed by atoms with Gasteiger partial charge in [0.1, 0.15) is 5.52 Å². The molecular formula is C8H4Cl4N2.